The van der Waals surface area contributed by atoms with E-state index in [9.17, 15) is 4.79 Å². The van der Waals surface area contributed by atoms with E-state index in [0.717, 1.165) is 24.6 Å². The van der Waals surface area contributed by atoms with Crippen molar-refractivity contribution in [3.05, 3.63) is 22.5 Å². The first-order chi connectivity index (χ1) is 6.56. The third-order valence-electron chi connectivity index (χ3n) is 2.18. The van der Waals surface area contributed by atoms with Crippen LogP contribution >= 0.6 is 20.3 Å². The first kappa shape index (κ1) is 12.0. The Labute approximate surface area is 92.2 Å². The zero-order valence-electron chi connectivity index (χ0n) is 8.96. The second kappa shape index (κ2) is 5.14. The van der Waals surface area contributed by atoms with E-state index in [1.54, 1.807) is 11.8 Å². The fraction of sp³-hybridized carbons (Fsp3) is 0.545. The molecular formula is C11H17OPS. The van der Waals surface area contributed by atoms with Gasteiger partial charge in [0.05, 0.1) is 10.8 Å². The maximum atomic E-state index is 11.8. The van der Waals surface area contributed by atoms with E-state index >= 15 is 0 Å². The topological polar surface area (TPSA) is 17.1 Å². The Balaban J connectivity index is 2.62. The maximum Gasteiger partial charge on any atom is 0.177 e. The Hall–Kier alpha value is -0.0700. The van der Waals surface area contributed by atoms with Crippen LogP contribution in [-0.2, 0) is 4.79 Å². The van der Waals surface area contributed by atoms with Crippen molar-refractivity contribution in [2.45, 2.75) is 26.4 Å². The third-order valence-corrected chi connectivity index (χ3v) is 4.85. The molecule has 1 aliphatic heterocycles. The van der Waals surface area contributed by atoms with Gasteiger partial charge in [-0.1, -0.05) is 38.3 Å². The van der Waals surface area contributed by atoms with Crippen LogP contribution in [0.1, 0.15) is 20.8 Å². The number of carbonyl (C=O) groups is 1. The highest BCUT2D eigenvalue weighted by molar-refractivity contribution is 8.08. The molecule has 14 heavy (non-hydrogen) atoms. The molecule has 0 saturated carbocycles. The smallest absolute Gasteiger partial charge is 0.177 e. The number of hydrogen-bond donors (Lipinski definition) is 0. The van der Waals surface area contributed by atoms with Gasteiger partial charge in [-0.3, -0.25) is 4.79 Å². The van der Waals surface area contributed by atoms with Crippen LogP contribution in [0.25, 0.3) is 0 Å². The van der Waals surface area contributed by atoms with Crippen LogP contribution in [0.2, 0.25) is 0 Å². The van der Waals surface area contributed by atoms with Gasteiger partial charge in [0, 0.05) is 0 Å². The molecule has 78 valence electrons. The lowest BCUT2D eigenvalue weighted by molar-refractivity contribution is -0.116. The number of ketones is 1. The Morgan fingerprint density at radius 3 is 2.71 bits per heavy atom. The van der Waals surface area contributed by atoms with Gasteiger partial charge in [-0.15, -0.1) is 8.58 Å². The standard InChI is InChI=1S/C11H17OPS/c1-5-10-11(12)9(8(4)14-10)6-13-7(2)3/h5,7,9,13H,4,6H2,1-3H3/b10-5+. The van der Waals surface area contributed by atoms with Crippen molar-refractivity contribution >= 4 is 26.1 Å². The second-order valence-electron chi connectivity index (χ2n) is 3.70. The van der Waals surface area contributed by atoms with E-state index in [4.69, 9.17) is 0 Å². The highest BCUT2D eigenvalue weighted by Crippen LogP contribution is 2.43. The second-order valence-corrected chi connectivity index (χ2v) is 6.84. The highest BCUT2D eigenvalue weighted by Gasteiger charge is 2.32. The lowest BCUT2D eigenvalue weighted by Gasteiger charge is -2.10. The van der Waals surface area contributed by atoms with Crippen LogP contribution in [-0.4, -0.2) is 17.6 Å². The van der Waals surface area contributed by atoms with Crippen LogP contribution in [0.3, 0.4) is 0 Å². The molecule has 0 aliphatic carbocycles. The average molecular weight is 228 g/mol. The van der Waals surface area contributed by atoms with E-state index in [1.807, 2.05) is 13.0 Å². The van der Waals surface area contributed by atoms with Crippen LogP contribution in [0.15, 0.2) is 22.5 Å². The maximum absolute atomic E-state index is 11.8. The molecule has 0 aromatic carbocycles. The predicted octanol–water partition coefficient (Wildman–Crippen LogP) is 3.42. The minimum absolute atomic E-state index is 0.0898. The van der Waals surface area contributed by atoms with Crippen LogP contribution in [0, 0.1) is 5.92 Å². The van der Waals surface area contributed by atoms with Gasteiger partial charge in [0.15, 0.2) is 5.78 Å². The largest absolute Gasteiger partial charge is 0.293 e. The number of carbonyl (C=O) groups excluding carboxylic acids is 1. The third kappa shape index (κ3) is 2.71. The Bertz CT molecular complexity index is 281. The summed E-state index contributed by atoms with van der Waals surface area (Å²) in [6, 6.07) is 0. The summed E-state index contributed by atoms with van der Waals surface area (Å²) in [7, 11) is 0.863. The molecule has 2 atom stereocenters. The molecular weight excluding hydrogens is 211 g/mol. The molecule has 0 amide bonds. The summed E-state index contributed by atoms with van der Waals surface area (Å²) in [5.74, 6) is 0.377. The Morgan fingerprint density at radius 1 is 1.64 bits per heavy atom. The zero-order valence-corrected chi connectivity index (χ0v) is 10.8. The molecule has 0 N–H and O–H groups in total. The summed E-state index contributed by atoms with van der Waals surface area (Å²) in [5.41, 5.74) is 0.690. The number of rotatable bonds is 3. The molecule has 1 nitrogen and oxygen atoms in total. The summed E-state index contributed by atoms with van der Waals surface area (Å²) >= 11 is 1.55. The van der Waals surface area contributed by atoms with Gasteiger partial charge < -0.3 is 0 Å². The van der Waals surface area contributed by atoms with Gasteiger partial charge >= 0.3 is 0 Å². The van der Waals surface area contributed by atoms with Gasteiger partial charge in [0.25, 0.3) is 0 Å². The quantitative estimate of drug-likeness (QED) is 0.544. The van der Waals surface area contributed by atoms with Gasteiger partial charge in [-0.2, -0.15) is 0 Å². The van der Waals surface area contributed by atoms with E-state index in [0.29, 0.717) is 5.66 Å². The van der Waals surface area contributed by atoms with Crippen molar-refractivity contribution in [1.29, 1.82) is 0 Å². The summed E-state index contributed by atoms with van der Waals surface area (Å²) in [4.78, 5) is 13.7. The van der Waals surface area contributed by atoms with Crippen LogP contribution in [0.4, 0.5) is 0 Å². The molecule has 1 aliphatic rings. The molecule has 2 unspecified atom stereocenters. The van der Waals surface area contributed by atoms with E-state index in [2.05, 4.69) is 20.4 Å². The summed E-state index contributed by atoms with van der Waals surface area (Å²) in [5, 5.41) is 0. The van der Waals surface area contributed by atoms with Crippen molar-refractivity contribution in [1.82, 2.24) is 0 Å². The lowest BCUT2D eigenvalue weighted by Crippen LogP contribution is -2.12. The molecule has 0 bridgehead atoms. The summed E-state index contributed by atoms with van der Waals surface area (Å²) in [6.07, 6.45) is 2.89. The molecule has 1 rings (SSSR count). The van der Waals surface area contributed by atoms with Crippen LogP contribution < -0.4 is 0 Å². The Morgan fingerprint density at radius 2 is 2.29 bits per heavy atom. The average Bonchev–Trinajstić information content (AvgIpc) is 2.39. The van der Waals surface area contributed by atoms with Crippen LogP contribution in [0.5, 0.6) is 0 Å². The van der Waals surface area contributed by atoms with Gasteiger partial charge in [-0.25, -0.2) is 0 Å². The molecule has 0 aromatic rings. The van der Waals surface area contributed by atoms with Crippen molar-refractivity contribution in [2.75, 3.05) is 6.16 Å². The normalized spacial score (nSPS) is 26.3. The summed E-state index contributed by atoms with van der Waals surface area (Å²) in [6.45, 7) is 10.3. The molecule has 0 radical (unpaired) electrons. The molecule has 1 heterocycles. The van der Waals surface area contributed by atoms with Gasteiger partial charge in [-0.05, 0) is 23.6 Å². The van der Waals surface area contributed by atoms with E-state index in [1.165, 1.54) is 0 Å². The number of Topliss-reactive ketones (excluding diaryl/α,β-unsaturated/α-hetero) is 1. The van der Waals surface area contributed by atoms with E-state index < -0.39 is 0 Å². The molecule has 0 spiro atoms. The first-order valence-corrected chi connectivity index (χ1v) is 6.97. The summed E-state index contributed by atoms with van der Waals surface area (Å²) < 4.78 is 0. The number of hydrogen-bond acceptors (Lipinski definition) is 2. The molecule has 3 heteroatoms. The fourth-order valence-corrected chi connectivity index (χ4v) is 3.60. The van der Waals surface area contributed by atoms with Crippen molar-refractivity contribution in [3.63, 3.8) is 0 Å². The monoisotopic (exact) mass is 228 g/mol. The van der Waals surface area contributed by atoms with Gasteiger partial charge in [0.2, 0.25) is 0 Å². The van der Waals surface area contributed by atoms with Crippen molar-refractivity contribution in [2.24, 2.45) is 5.92 Å². The predicted molar refractivity (Wildman–Crippen MR) is 67.3 cm³/mol. The SMILES string of the molecule is C=C1S/C(=C/C)C(=O)C1CPC(C)C. The lowest BCUT2D eigenvalue weighted by atomic mass is 10.1. The van der Waals surface area contributed by atoms with Crippen molar-refractivity contribution in [3.8, 4) is 0 Å². The number of allylic oxidation sites excluding steroid dienone is 3. The molecule has 1 fully saturated rings. The Kier molecular flexibility index (Phi) is 4.40. The minimum Gasteiger partial charge on any atom is -0.293 e. The minimum atomic E-state index is 0.0898. The van der Waals surface area contributed by atoms with Gasteiger partial charge in [0.1, 0.15) is 0 Å². The molecule has 1 saturated heterocycles. The number of thioether (sulfide) groups is 1. The first-order valence-electron chi connectivity index (χ1n) is 4.86. The van der Waals surface area contributed by atoms with E-state index in [-0.39, 0.29) is 11.7 Å². The zero-order chi connectivity index (χ0) is 10.7. The van der Waals surface area contributed by atoms with Crippen molar-refractivity contribution < 1.29 is 4.79 Å². The highest BCUT2D eigenvalue weighted by atomic mass is 32.2. The fourth-order valence-electron chi connectivity index (χ4n) is 1.34. The molecule has 0 aromatic heterocycles.